The zero-order valence-corrected chi connectivity index (χ0v) is 13.0. The highest BCUT2D eigenvalue weighted by atomic mass is 32.1. The number of ether oxygens (including phenoxy) is 1. The second-order valence-corrected chi connectivity index (χ2v) is 6.12. The molecule has 0 aliphatic heterocycles. The molecule has 0 radical (unpaired) electrons. The second-order valence-electron chi connectivity index (χ2n) is 5.28. The SMILES string of the molecule is Cc1nc2scc(C)n2c1CNCCOCC(C)C. The van der Waals surface area contributed by atoms with Gasteiger partial charge in [0, 0.05) is 30.8 Å². The normalized spacial score (nSPS) is 11.8. The van der Waals surface area contributed by atoms with Crippen LogP contribution >= 0.6 is 11.3 Å². The fourth-order valence-corrected chi connectivity index (χ4v) is 2.98. The summed E-state index contributed by atoms with van der Waals surface area (Å²) in [4.78, 5) is 5.67. The predicted octanol–water partition coefficient (Wildman–Crippen LogP) is 2.77. The summed E-state index contributed by atoms with van der Waals surface area (Å²) >= 11 is 1.70. The van der Waals surface area contributed by atoms with Crippen LogP contribution in [0.1, 0.15) is 30.9 Å². The van der Waals surface area contributed by atoms with E-state index >= 15 is 0 Å². The zero-order valence-electron chi connectivity index (χ0n) is 12.2. The van der Waals surface area contributed by atoms with Gasteiger partial charge >= 0.3 is 0 Å². The highest BCUT2D eigenvalue weighted by Gasteiger charge is 2.11. The van der Waals surface area contributed by atoms with Crippen molar-refractivity contribution in [3.63, 3.8) is 0 Å². The van der Waals surface area contributed by atoms with Gasteiger partial charge < -0.3 is 10.1 Å². The van der Waals surface area contributed by atoms with E-state index < -0.39 is 0 Å². The van der Waals surface area contributed by atoms with Gasteiger partial charge in [-0.25, -0.2) is 4.98 Å². The molecule has 0 aromatic carbocycles. The molecule has 1 N–H and O–H groups in total. The van der Waals surface area contributed by atoms with Crippen LogP contribution in [0.4, 0.5) is 0 Å². The number of nitrogens with zero attached hydrogens (tertiary/aromatic N) is 2. The van der Waals surface area contributed by atoms with Crippen molar-refractivity contribution < 1.29 is 4.74 Å². The zero-order chi connectivity index (χ0) is 13.8. The van der Waals surface area contributed by atoms with Crippen LogP contribution in [-0.2, 0) is 11.3 Å². The van der Waals surface area contributed by atoms with Crippen molar-refractivity contribution in [1.29, 1.82) is 0 Å². The minimum atomic E-state index is 0.602. The fraction of sp³-hybridized carbons (Fsp3) is 0.643. The molecule has 0 fully saturated rings. The first-order chi connectivity index (χ1) is 9.09. The Kier molecular flexibility index (Phi) is 4.96. The highest BCUT2D eigenvalue weighted by molar-refractivity contribution is 7.15. The number of thiazole rings is 1. The van der Waals surface area contributed by atoms with Gasteiger partial charge in [0.15, 0.2) is 4.96 Å². The van der Waals surface area contributed by atoms with E-state index in [4.69, 9.17) is 4.74 Å². The molecule has 0 aliphatic carbocycles. The Hall–Kier alpha value is -0.910. The van der Waals surface area contributed by atoms with E-state index in [-0.39, 0.29) is 0 Å². The van der Waals surface area contributed by atoms with Crippen LogP contribution in [0.25, 0.3) is 4.96 Å². The van der Waals surface area contributed by atoms with Crippen LogP contribution in [-0.4, -0.2) is 29.1 Å². The lowest BCUT2D eigenvalue weighted by Crippen LogP contribution is -2.21. The van der Waals surface area contributed by atoms with E-state index in [1.54, 1.807) is 11.3 Å². The van der Waals surface area contributed by atoms with Crippen molar-refractivity contribution in [2.45, 2.75) is 34.2 Å². The number of imidazole rings is 1. The van der Waals surface area contributed by atoms with Crippen molar-refractivity contribution in [2.24, 2.45) is 5.92 Å². The van der Waals surface area contributed by atoms with Crippen LogP contribution < -0.4 is 5.32 Å². The third kappa shape index (κ3) is 3.55. The topological polar surface area (TPSA) is 38.6 Å². The van der Waals surface area contributed by atoms with Crippen molar-refractivity contribution in [2.75, 3.05) is 19.8 Å². The summed E-state index contributed by atoms with van der Waals surface area (Å²) in [6, 6.07) is 0. The van der Waals surface area contributed by atoms with Gasteiger partial charge in [-0.2, -0.15) is 0 Å². The van der Waals surface area contributed by atoms with Gasteiger partial charge in [0.2, 0.25) is 0 Å². The summed E-state index contributed by atoms with van der Waals surface area (Å²) in [7, 11) is 0. The summed E-state index contributed by atoms with van der Waals surface area (Å²) in [6.45, 7) is 11.9. The first kappa shape index (κ1) is 14.5. The van der Waals surface area contributed by atoms with Crippen molar-refractivity contribution in [1.82, 2.24) is 14.7 Å². The van der Waals surface area contributed by atoms with Crippen molar-refractivity contribution >= 4 is 16.3 Å². The van der Waals surface area contributed by atoms with Crippen LogP contribution in [0.5, 0.6) is 0 Å². The Balaban J connectivity index is 1.84. The van der Waals surface area contributed by atoms with Crippen LogP contribution in [0.15, 0.2) is 5.38 Å². The molecule has 0 aliphatic rings. The van der Waals surface area contributed by atoms with E-state index in [0.717, 1.165) is 37.0 Å². The number of rotatable bonds is 7. The Bertz CT molecular complexity index is 530. The Morgan fingerprint density at radius 3 is 2.95 bits per heavy atom. The molecule has 0 atom stereocenters. The molecular formula is C14H23N3OS. The monoisotopic (exact) mass is 281 g/mol. The average Bonchev–Trinajstić information content (AvgIpc) is 2.84. The minimum absolute atomic E-state index is 0.602. The molecule has 2 heterocycles. The van der Waals surface area contributed by atoms with E-state index in [0.29, 0.717) is 5.92 Å². The summed E-state index contributed by atoms with van der Waals surface area (Å²) in [5.74, 6) is 0.602. The Morgan fingerprint density at radius 2 is 2.21 bits per heavy atom. The van der Waals surface area contributed by atoms with Gasteiger partial charge in [-0.15, -0.1) is 11.3 Å². The van der Waals surface area contributed by atoms with Crippen LogP contribution in [0, 0.1) is 19.8 Å². The quantitative estimate of drug-likeness (QED) is 0.793. The van der Waals surface area contributed by atoms with Gasteiger partial charge in [-0.3, -0.25) is 4.40 Å². The molecule has 0 spiro atoms. The number of nitrogens with one attached hydrogen (secondary N) is 1. The predicted molar refractivity (Wildman–Crippen MR) is 79.9 cm³/mol. The molecule has 106 valence electrons. The Morgan fingerprint density at radius 1 is 1.42 bits per heavy atom. The van der Waals surface area contributed by atoms with Crippen molar-refractivity contribution in [3.8, 4) is 0 Å². The number of fused-ring (bicyclic) bond motifs is 1. The third-order valence-corrected chi connectivity index (χ3v) is 3.94. The summed E-state index contributed by atoms with van der Waals surface area (Å²) in [6.07, 6.45) is 0. The first-order valence-electron chi connectivity index (χ1n) is 6.80. The molecule has 2 rings (SSSR count). The van der Waals surface area contributed by atoms with Crippen molar-refractivity contribution in [3.05, 3.63) is 22.5 Å². The fourth-order valence-electron chi connectivity index (χ4n) is 2.05. The molecule has 0 amide bonds. The van der Waals surface area contributed by atoms with Crippen LogP contribution in [0.3, 0.4) is 0 Å². The number of aromatic nitrogens is 2. The van der Waals surface area contributed by atoms with Gasteiger partial charge in [-0.1, -0.05) is 13.8 Å². The van der Waals surface area contributed by atoms with Gasteiger partial charge in [0.25, 0.3) is 0 Å². The van der Waals surface area contributed by atoms with E-state index in [9.17, 15) is 0 Å². The first-order valence-corrected chi connectivity index (χ1v) is 7.68. The maximum atomic E-state index is 5.56. The van der Waals surface area contributed by atoms with E-state index in [1.165, 1.54) is 11.4 Å². The van der Waals surface area contributed by atoms with Gasteiger partial charge in [-0.05, 0) is 19.8 Å². The largest absolute Gasteiger partial charge is 0.380 e. The molecule has 4 nitrogen and oxygen atoms in total. The van der Waals surface area contributed by atoms with Crippen LogP contribution in [0.2, 0.25) is 0 Å². The smallest absolute Gasteiger partial charge is 0.194 e. The molecule has 0 saturated carbocycles. The lowest BCUT2D eigenvalue weighted by atomic mass is 10.2. The maximum absolute atomic E-state index is 5.56. The average molecular weight is 281 g/mol. The van der Waals surface area contributed by atoms with Gasteiger partial charge in [0.1, 0.15) is 0 Å². The number of hydrogen-bond donors (Lipinski definition) is 1. The molecule has 2 aromatic rings. The molecule has 2 aromatic heterocycles. The van der Waals surface area contributed by atoms with E-state index in [1.807, 2.05) is 0 Å². The summed E-state index contributed by atoms with van der Waals surface area (Å²) < 4.78 is 7.80. The molecule has 19 heavy (non-hydrogen) atoms. The highest BCUT2D eigenvalue weighted by Crippen LogP contribution is 2.20. The standard InChI is InChI=1S/C14H23N3OS/c1-10(2)8-18-6-5-15-7-13-12(4)16-14-17(13)11(3)9-19-14/h9-10,15H,5-8H2,1-4H3. The lowest BCUT2D eigenvalue weighted by molar-refractivity contribution is 0.111. The number of hydrogen-bond acceptors (Lipinski definition) is 4. The molecule has 0 unspecified atom stereocenters. The maximum Gasteiger partial charge on any atom is 0.194 e. The lowest BCUT2D eigenvalue weighted by Gasteiger charge is -2.08. The summed E-state index contributed by atoms with van der Waals surface area (Å²) in [5.41, 5.74) is 3.64. The summed E-state index contributed by atoms with van der Waals surface area (Å²) in [5, 5.41) is 5.58. The number of aryl methyl sites for hydroxylation is 2. The molecule has 5 heteroatoms. The van der Waals surface area contributed by atoms with Gasteiger partial charge in [0.05, 0.1) is 18.0 Å². The molecule has 0 bridgehead atoms. The van der Waals surface area contributed by atoms with E-state index in [2.05, 4.69) is 47.8 Å². The second kappa shape index (κ2) is 6.50. The third-order valence-electron chi connectivity index (χ3n) is 3.00. The molecule has 0 saturated heterocycles. The molecular weight excluding hydrogens is 258 g/mol. The minimum Gasteiger partial charge on any atom is -0.380 e. The Labute approximate surface area is 118 Å².